The maximum absolute atomic E-state index is 12.2. The SMILES string of the molecule is CC(N)CN(C)c1c(N2C[C@H](CCCB(O)O)[C@](N)(C(=O)O)C2)c(=O)c1=O.NC1(CNc2c(N3C[C@H](CCCB(O)O)[C@](N)(C(=O)O)C3)c(=O)c2=O)COC1.NC1CC(Nc2c(N3C[C@H](CCCB(O)O)[C@](N)(C(=O)O)C3)c(=O)c2=O)C1.N[C@@]1(C(=O)O)CN(c2c(Nc3ccn[nH]3)c(=O)c2=O)C[C@@H]1CCCB(O)O.N[C@@]1(C(=O)O)CN(c2c(Nc3ncc[nH]3)c(=O)c2=O)C[C@@H]1CCCB(O)O. The number of H-pyrrole nitrogens is 2. The van der Waals surface area contributed by atoms with Crippen molar-refractivity contribution in [1.29, 1.82) is 0 Å². The zero-order valence-electron chi connectivity index (χ0n) is 74.7. The number of nitrogens with zero attached hydrogens (tertiary/aromatic N) is 8. The minimum atomic E-state index is -1.61. The second-order valence-electron chi connectivity index (χ2n) is 36.9. The number of carboxylic acids is 5. The van der Waals surface area contributed by atoms with Crippen LogP contribution in [0.3, 0.4) is 0 Å². The van der Waals surface area contributed by atoms with Gasteiger partial charge in [0, 0.05) is 152 Å². The van der Waals surface area contributed by atoms with Crippen molar-refractivity contribution in [1.82, 2.24) is 20.2 Å². The van der Waals surface area contributed by atoms with Crippen molar-refractivity contribution in [3.8, 4) is 0 Å². The molecule has 740 valence electrons. The van der Waals surface area contributed by atoms with E-state index >= 15 is 0 Å². The summed E-state index contributed by atoms with van der Waals surface area (Å²) in [5, 5.41) is 156. The first kappa shape index (κ1) is 107. The van der Waals surface area contributed by atoms with Crippen LogP contribution in [0.2, 0.25) is 31.6 Å². The molecule has 0 amide bonds. The van der Waals surface area contributed by atoms with Crippen molar-refractivity contribution < 1.29 is 104 Å². The standard InChI is InChI=1S/C16H25BN4O7.C16H25BN4O6.C16H27BN4O6.2C15H20BN5O6/c18-15(7-28-8-15)5-20-10-11(13(23)12(10)22)21-4-9(2-1-3-17(26)27)16(19,6-21)14(24)25;18-9-4-10(5-9)20-11-12(14(23)13(11)22)21-6-8(2-1-3-17(26)27)16(19,7-21)15(24)25;1-9(18)6-20(2)11-12(14(23)13(11)22)21-7-10(4-3-5-17(26)27)16(19,8-21)15(24)25;17-15(14(24)25)7-21(6-8(15)2-1-4-16(26)27)11-10(12(22)13(11)23)19-9-3-5-18-20-9;17-15(13(24)25)7-21(6-8(15)2-1-3-16(26)27)10-9(11(22)12(10)23)20-14-18-4-5-19-14/h9,20,26-27H,1-8,18-19H2,(H,24,25);8-10,20,26-27H,1-7,18-19H2,(H,24,25);9-10,26-27H,3-8,18-19H2,1-2H3,(H,24,25);3,5,8,26-27H,1-2,4,6-7,17H2,(H,24,25)(H2,18,19,20);4-5,8,26-27H,1-3,6-7,17H2,(H,24,25)(H2,18,19,20)/t9-,16-;8-,9?,10?,16-;9?,10-,16-;2*8-,15-/m00000/s1. The molecule has 7 fully saturated rings. The van der Waals surface area contributed by atoms with Crippen LogP contribution in [0.15, 0.2) is 72.6 Å². The van der Waals surface area contributed by atoms with Gasteiger partial charge in [0.15, 0.2) is 0 Å². The van der Waals surface area contributed by atoms with Crippen LogP contribution in [0.1, 0.15) is 84.0 Å². The number of ether oxygens (including phenoxy) is 1. The van der Waals surface area contributed by atoms with Gasteiger partial charge >= 0.3 is 65.4 Å². The number of imidazole rings is 1. The van der Waals surface area contributed by atoms with Gasteiger partial charge in [-0.3, -0.25) is 77.0 Å². The lowest BCUT2D eigenvalue weighted by Gasteiger charge is -2.38. The number of aliphatic carboxylic acids is 5. The van der Waals surface area contributed by atoms with Crippen LogP contribution in [0, 0.1) is 29.6 Å². The monoisotopic (exact) mass is 1910 g/mol. The summed E-state index contributed by atoms with van der Waals surface area (Å²) in [7, 11) is -5.69. The molecule has 11 atom stereocenters. The van der Waals surface area contributed by atoms with Crippen LogP contribution in [0.25, 0.3) is 0 Å². The van der Waals surface area contributed by atoms with E-state index in [9.17, 15) is 97.5 Å². The third-order valence-corrected chi connectivity index (χ3v) is 26.5. The van der Waals surface area contributed by atoms with Gasteiger partial charge in [0.2, 0.25) is 5.95 Å². The van der Waals surface area contributed by atoms with Crippen molar-refractivity contribution in [2.45, 2.75) is 167 Å². The number of aromatic amines is 2. The molecule has 53 nitrogen and oxygen atoms in total. The second kappa shape index (κ2) is 43.6. The molecule has 37 N–H and O–H groups in total. The first-order valence-corrected chi connectivity index (χ1v) is 44.1. The van der Waals surface area contributed by atoms with E-state index in [4.69, 9.17) is 101 Å². The number of hydrogen-bond acceptors (Lipinski definition) is 46. The van der Waals surface area contributed by atoms with Crippen LogP contribution in [0.4, 0.5) is 68.6 Å². The Labute approximate surface area is 774 Å². The molecule has 6 saturated heterocycles. The van der Waals surface area contributed by atoms with Gasteiger partial charge in [0.1, 0.15) is 90.4 Å². The lowest BCUT2D eigenvalue weighted by Crippen LogP contribution is -2.62. The van der Waals surface area contributed by atoms with Gasteiger partial charge in [-0.25, -0.2) is 4.98 Å². The number of carboxylic acid groups (broad SMARTS) is 5. The maximum atomic E-state index is 12.2. The molecule has 6 aliphatic heterocycles. The number of carbonyl (C=O) groups is 5. The Kier molecular flexibility index (Phi) is 34.2. The zero-order valence-corrected chi connectivity index (χ0v) is 74.7. The van der Waals surface area contributed by atoms with E-state index in [1.54, 1.807) is 40.9 Å². The van der Waals surface area contributed by atoms with Crippen molar-refractivity contribution >= 4 is 134 Å². The molecule has 5 aromatic carbocycles. The fraction of sp³-hybridized carbons (Fsp3) is 0.603. The quantitative estimate of drug-likeness (QED) is 0.0125. The number of rotatable bonds is 42. The van der Waals surface area contributed by atoms with Crippen LogP contribution in [-0.2, 0) is 28.7 Å². The molecule has 0 bridgehead atoms. The lowest BCUT2D eigenvalue weighted by molar-refractivity contribution is -0.145. The topological polar surface area (TPSA) is 902 Å². The molecular weight excluding hydrogens is 1800 g/mol. The molecule has 14 rings (SSSR count). The molecule has 0 radical (unpaired) electrons. The van der Waals surface area contributed by atoms with Gasteiger partial charge in [0.05, 0.1) is 24.9 Å². The van der Waals surface area contributed by atoms with Gasteiger partial charge in [-0.15, -0.1) is 0 Å². The summed E-state index contributed by atoms with van der Waals surface area (Å²) in [6.07, 6.45) is 10.1. The minimum absolute atomic E-state index is 0.0357. The summed E-state index contributed by atoms with van der Waals surface area (Å²) in [5.74, 6) is -7.81. The van der Waals surface area contributed by atoms with Crippen molar-refractivity contribution in [2.75, 3.05) is 149 Å². The normalized spacial score (nSPS) is 25.0. The third kappa shape index (κ3) is 23.2. The molecule has 0 spiro atoms. The van der Waals surface area contributed by atoms with Crippen molar-refractivity contribution in [3.63, 3.8) is 0 Å². The Morgan fingerprint density at radius 3 is 1.08 bits per heavy atom. The van der Waals surface area contributed by atoms with E-state index < -0.39 is 183 Å². The number of nitrogens with one attached hydrogen (secondary N) is 6. The first-order chi connectivity index (χ1) is 63.7. The van der Waals surface area contributed by atoms with Crippen LogP contribution in [-0.4, -0.2) is 312 Å². The molecule has 1 unspecified atom stereocenters. The van der Waals surface area contributed by atoms with Gasteiger partial charge < -0.3 is 182 Å². The van der Waals surface area contributed by atoms with E-state index in [-0.39, 0.29) is 185 Å². The average Bonchev–Trinajstić information content (AvgIpc) is 1.51. The van der Waals surface area contributed by atoms with Crippen molar-refractivity contribution in [2.24, 2.45) is 75.5 Å². The summed E-state index contributed by atoms with van der Waals surface area (Å²) in [6.45, 7) is 3.47. The average molecular weight is 1910 g/mol. The van der Waals surface area contributed by atoms with Crippen LogP contribution < -0.4 is 151 Å². The Morgan fingerprint density at radius 1 is 0.471 bits per heavy atom. The van der Waals surface area contributed by atoms with E-state index in [0.717, 1.165) is 0 Å². The highest BCUT2D eigenvalue weighted by Gasteiger charge is 2.57. The fourth-order valence-electron chi connectivity index (χ4n) is 18.7. The van der Waals surface area contributed by atoms with Crippen molar-refractivity contribution in [3.05, 3.63) is 127 Å². The number of nitrogens with two attached hydrogens (primary N) is 8. The Hall–Kier alpha value is -11.3. The Morgan fingerprint density at radius 2 is 0.787 bits per heavy atom. The summed E-state index contributed by atoms with van der Waals surface area (Å²) in [6, 6.07) is 1.49. The van der Waals surface area contributed by atoms with Gasteiger partial charge in [0.25, 0.3) is 54.3 Å². The Balaban J connectivity index is 0.000000176. The number of anilines is 12. The number of likely N-dealkylation sites (N-methyl/N-ethyl adjacent to an activating group) is 1. The predicted octanol–water partition coefficient (Wildman–Crippen LogP) is -11.5. The fourth-order valence-corrected chi connectivity index (χ4v) is 18.7. The molecular formula is C78H117B5N22O31. The van der Waals surface area contributed by atoms with Gasteiger partial charge in [-0.1, -0.05) is 32.1 Å². The molecule has 8 heterocycles. The summed E-state index contributed by atoms with van der Waals surface area (Å²) in [5.41, 5.74) is 34.3. The summed E-state index contributed by atoms with van der Waals surface area (Å²) >= 11 is 0. The summed E-state index contributed by atoms with van der Waals surface area (Å²) < 4.78 is 5.06. The molecule has 7 aromatic rings. The second-order valence-corrected chi connectivity index (χ2v) is 36.9. The minimum Gasteiger partial charge on any atom is -0.480 e. The van der Waals surface area contributed by atoms with E-state index in [0.29, 0.717) is 103 Å². The highest BCUT2D eigenvalue weighted by molar-refractivity contribution is 6.42. The van der Waals surface area contributed by atoms with Crippen LogP contribution in [0.5, 0.6) is 0 Å². The molecule has 1 aliphatic carbocycles. The lowest BCUT2D eigenvalue weighted by atomic mass is 9.78. The van der Waals surface area contributed by atoms with Gasteiger partial charge in [-0.2, -0.15) is 5.10 Å². The number of aromatic nitrogens is 4. The summed E-state index contributed by atoms with van der Waals surface area (Å²) in [4.78, 5) is 195. The van der Waals surface area contributed by atoms with Crippen LogP contribution >= 0.6 is 0 Å². The smallest absolute Gasteiger partial charge is 0.451 e. The third-order valence-electron chi connectivity index (χ3n) is 26.5. The van der Waals surface area contributed by atoms with E-state index in [2.05, 4.69) is 41.4 Å². The zero-order chi connectivity index (χ0) is 101. The number of hydrogen-bond donors (Lipinski definition) is 29. The molecule has 7 aliphatic rings. The van der Waals surface area contributed by atoms with E-state index in [1.165, 1.54) is 27.1 Å². The first-order valence-electron chi connectivity index (χ1n) is 44.1. The maximum Gasteiger partial charge on any atom is 0.451 e. The predicted molar refractivity (Wildman–Crippen MR) is 501 cm³/mol. The molecule has 2 aromatic heterocycles. The van der Waals surface area contributed by atoms with E-state index in [1.807, 2.05) is 0 Å². The molecule has 58 heteroatoms. The molecule has 136 heavy (non-hydrogen) atoms. The van der Waals surface area contributed by atoms with Gasteiger partial charge in [-0.05, 0) is 83.5 Å². The highest BCUT2D eigenvalue weighted by Crippen LogP contribution is 2.42. The largest absolute Gasteiger partial charge is 0.480 e. The Bertz CT molecular complexity index is 5610. The highest BCUT2D eigenvalue weighted by atomic mass is 16.5. The molecule has 1 saturated carbocycles.